The Morgan fingerprint density at radius 1 is 1.30 bits per heavy atom. The molecule has 2 saturated heterocycles. The Morgan fingerprint density at radius 2 is 2.04 bits per heavy atom. The number of benzene rings is 1. The number of carbonyl (C=O) groups is 1. The van der Waals surface area contributed by atoms with E-state index in [0.717, 1.165) is 50.8 Å². The van der Waals surface area contributed by atoms with E-state index in [1.807, 2.05) is 0 Å². The van der Waals surface area contributed by atoms with Crippen molar-refractivity contribution >= 4 is 5.91 Å². The number of likely N-dealkylation sites (tertiary alicyclic amines) is 2. The van der Waals surface area contributed by atoms with E-state index in [9.17, 15) is 13.6 Å². The van der Waals surface area contributed by atoms with Crippen molar-refractivity contribution in [1.82, 2.24) is 9.80 Å². The van der Waals surface area contributed by atoms with E-state index in [-0.39, 0.29) is 23.7 Å². The first kappa shape index (κ1) is 16.2. The van der Waals surface area contributed by atoms with Gasteiger partial charge in [-0.15, -0.1) is 0 Å². The number of nitrogens with zero attached hydrogens (tertiary/aromatic N) is 2. The SMILES string of the molecule is CC(C)N1CCC2(CN(C(=O)COc3cc(F)ccc3F)C2)C1. The molecule has 0 saturated carbocycles. The maximum atomic E-state index is 13.5. The molecule has 1 aromatic carbocycles. The topological polar surface area (TPSA) is 32.8 Å². The molecule has 3 rings (SSSR count). The molecule has 2 aliphatic heterocycles. The number of carbonyl (C=O) groups excluding carboxylic acids is 1. The second kappa shape index (κ2) is 6.07. The van der Waals surface area contributed by atoms with Crippen LogP contribution < -0.4 is 4.74 Å². The predicted molar refractivity (Wildman–Crippen MR) is 82.2 cm³/mol. The number of hydrogen-bond acceptors (Lipinski definition) is 3. The van der Waals surface area contributed by atoms with Crippen molar-refractivity contribution in [3.63, 3.8) is 0 Å². The van der Waals surface area contributed by atoms with Crippen molar-refractivity contribution in [2.45, 2.75) is 26.3 Å². The number of ether oxygens (including phenoxy) is 1. The zero-order valence-corrected chi connectivity index (χ0v) is 13.5. The summed E-state index contributed by atoms with van der Waals surface area (Å²) in [7, 11) is 0. The van der Waals surface area contributed by atoms with E-state index >= 15 is 0 Å². The first-order valence-corrected chi connectivity index (χ1v) is 7.98. The summed E-state index contributed by atoms with van der Waals surface area (Å²) >= 11 is 0. The van der Waals surface area contributed by atoms with Crippen LogP contribution in [0.1, 0.15) is 20.3 Å². The van der Waals surface area contributed by atoms with Gasteiger partial charge in [0, 0.05) is 37.2 Å². The van der Waals surface area contributed by atoms with Gasteiger partial charge in [0.1, 0.15) is 5.82 Å². The molecule has 0 atom stereocenters. The van der Waals surface area contributed by atoms with Gasteiger partial charge in [-0.25, -0.2) is 8.78 Å². The minimum Gasteiger partial charge on any atom is -0.481 e. The highest BCUT2D eigenvalue weighted by Crippen LogP contribution is 2.40. The van der Waals surface area contributed by atoms with Gasteiger partial charge in [-0.2, -0.15) is 0 Å². The second-order valence-corrected chi connectivity index (χ2v) is 6.93. The van der Waals surface area contributed by atoms with Gasteiger partial charge in [0.05, 0.1) is 0 Å². The summed E-state index contributed by atoms with van der Waals surface area (Å²) in [6.07, 6.45) is 1.11. The Kier molecular flexibility index (Phi) is 4.27. The van der Waals surface area contributed by atoms with Crippen LogP contribution in [-0.4, -0.2) is 54.5 Å². The maximum Gasteiger partial charge on any atom is 0.260 e. The van der Waals surface area contributed by atoms with E-state index in [2.05, 4.69) is 18.7 Å². The highest BCUT2D eigenvalue weighted by Gasteiger charge is 2.49. The minimum atomic E-state index is -0.664. The standard InChI is InChI=1S/C17H22F2N2O2/c1-12(2)20-6-5-17(9-20)10-21(11-17)16(22)8-23-15-7-13(18)3-4-14(15)19/h3-4,7,12H,5-6,8-11H2,1-2H3. The van der Waals surface area contributed by atoms with Crippen LogP contribution in [0.25, 0.3) is 0 Å². The van der Waals surface area contributed by atoms with Gasteiger partial charge in [0.25, 0.3) is 5.91 Å². The molecule has 0 N–H and O–H groups in total. The van der Waals surface area contributed by atoms with Crippen molar-refractivity contribution in [3.05, 3.63) is 29.8 Å². The molecule has 1 aromatic rings. The van der Waals surface area contributed by atoms with Crippen LogP contribution in [-0.2, 0) is 4.79 Å². The van der Waals surface area contributed by atoms with Crippen LogP contribution in [0.3, 0.4) is 0 Å². The van der Waals surface area contributed by atoms with E-state index in [1.165, 1.54) is 0 Å². The lowest BCUT2D eigenvalue weighted by atomic mass is 9.79. The van der Waals surface area contributed by atoms with E-state index in [4.69, 9.17) is 4.74 Å². The summed E-state index contributed by atoms with van der Waals surface area (Å²) < 4.78 is 31.6. The first-order chi connectivity index (χ1) is 10.9. The highest BCUT2D eigenvalue weighted by molar-refractivity contribution is 5.78. The zero-order valence-electron chi connectivity index (χ0n) is 13.5. The summed E-state index contributed by atoms with van der Waals surface area (Å²) in [5.74, 6) is -1.65. The Balaban J connectivity index is 1.49. The van der Waals surface area contributed by atoms with Gasteiger partial charge in [0.2, 0.25) is 0 Å². The van der Waals surface area contributed by atoms with Crippen molar-refractivity contribution in [2.24, 2.45) is 5.41 Å². The Bertz CT molecular complexity index is 600. The minimum absolute atomic E-state index is 0.178. The molecule has 0 radical (unpaired) electrons. The molecular formula is C17H22F2N2O2. The molecule has 0 unspecified atom stereocenters. The lowest BCUT2D eigenvalue weighted by Gasteiger charge is -2.48. The third-order valence-electron chi connectivity index (χ3n) is 4.85. The highest BCUT2D eigenvalue weighted by atomic mass is 19.1. The summed E-state index contributed by atoms with van der Waals surface area (Å²) in [6.45, 7) is 7.65. The summed E-state index contributed by atoms with van der Waals surface area (Å²) in [4.78, 5) is 16.3. The molecule has 126 valence electrons. The zero-order chi connectivity index (χ0) is 16.6. The van der Waals surface area contributed by atoms with Crippen LogP contribution in [0, 0.1) is 17.0 Å². The lowest BCUT2D eigenvalue weighted by molar-refractivity contribution is -0.145. The molecule has 2 heterocycles. The molecule has 23 heavy (non-hydrogen) atoms. The molecule has 2 fully saturated rings. The van der Waals surface area contributed by atoms with Crippen molar-refractivity contribution in [2.75, 3.05) is 32.8 Å². The second-order valence-electron chi connectivity index (χ2n) is 6.93. The van der Waals surface area contributed by atoms with Gasteiger partial charge >= 0.3 is 0 Å². The van der Waals surface area contributed by atoms with Crippen LogP contribution in [0.15, 0.2) is 18.2 Å². The molecular weight excluding hydrogens is 302 g/mol. The Morgan fingerprint density at radius 3 is 2.70 bits per heavy atom. The van der Waals surface area contributed by atoms with E-state index in [1.54, 1.807) is 4.90 Å². The molecule has 2 aliphatic rings. The number of rotatable bonds is 4. The predicted octanol–water partition coefficient (Wildman–Crippen LogP) is 2.29. The van der Waals surface area contributed by atoms with Crippen LogP contribution >= 0.6 is 0 Å². The van der Waals surface area contributed by atoms with E-state index < -0.39 is 11.6 Å². The van der Waals surface area contributed by atoms with Gasteiger partial charge in [0.15, 0.2) is 18.2 Å². The molecule has 1 amide bonds. The molecule has 1 spiro atoms. The first-order valence-electron chi connectivity index (χ1n) is 7.98. The largest absolute Gasteiger partial charge is 0.481 e. The third kappa shape index (κ3) is 3.32. The Labute approximate surface area is 135 Å². The summed E-state index contributed by atoms with van der Waals surface area (Å²) in [5.41, 5.74) is 0.212. The lowest BCUT2D eigenvalue weighted by Crippen LogP contribution is -2.60. The van der Waals surface area contributed by atoms with Crippen molar-refractivity contribution < 1.29 is 18.3 Å². The number of amides is 1. The fraction of sp³-hybridized carbons (Fsp3) is 0.588. The van der Waals surface area contributed by atoms with Gasteiger partial charge in [-0.05, 0) is 38.9 Å². The normalized spacial score (nSPS) is 20.1. The third-order valence-corrected chi connectivity index (χ3v) is 4.85. The van der Waals surface area contributed by atoms with Crippen LogP contribution in [0.4, 0.5) is 8.78 Å². The van der Waals surface area contributed by atoms with Gasteiger partial charge in [-0.1, -0.05) is 0 Å². The molecule has 0 aromatic heterocycles. The monoisotopic (exact) mass is 324 g/mol. The van der Waals surface area contributed by atoms with Crippen LogP contribution in [0.2, 0.25) is 0 Å². The fourth-order valence-corrected chi connectivity index (χ4v) is 3.43. The van der Waals surface area contributed by atoms with Crippen molar-refractivity contribution in [3.8, 4) is 5.75 Å². The number of hydrogen-bond donors (Lipinski definition) is 0. The molecule has 4 nitrogen and oxygen atoms in total. The summed E-state index contributed by atoms with van der Waals surface area (Å²) in [6, 6.07) is 3.49. The Hall–Kier alpha value is -1.69. The summed E-state index contributed by atoms with van der Waals surface area (Å²) in [5, 5.41) is 0. The average Bonchev–Trinajstić information content (AvgIpc) is 2.92. The smallest absolute Gasteiger partial charge is 0.260 e. The number of halogens is 2. The van der Waals surface area contributed by atoms with E-state index in [0.29, 0.717) is 6.04 Å². The molecule has 0 bridgehead atoms. The van der Waals surface area contributed by atoms with Gasteiger partial charge < -0.3 is 14.5 Å². The molecule has 0 aliphatic carbocycles. The average molecular weight is 324 g/mol. The van der Waals surface area contributed by atoms with Gasteiger partial charge in [-0.3, -0.25) is 4.79 Å². The quantitative estimate of drug-likeness (QED) is 0.852. The maximum absolute atomic E-state index is 13.5. The van der Waals surface area contributed by atoms with Crippen molar-refractivity contribution in [1.29, 1.82) is 0 Å². The molecule has 6 heteroatoms. The van der Waals surface area contributed by atoms with Crippen LogP contribution in [0.5, 0.6) is 5.75 Å². The fourth-order valence-electron chi connectivity index (χ4n) is 3.43.